The molecule has 3 aliphatic rings. The summed E-state index contributed by atoms with van der Waals surface area (Å²) in [6.45, 7) is 3.50. The van der Waals surface area contributed by atoms with Crippen LogP contribution in [0.4, 0.5) is 0 Å². The molecule has 1 saturated heterocycles. The van der Waals surface area contributed by atoms with Crippen LogP contribution in [0.5, 0.6) is 0 Å². The van der Waals surface area contributed by atoms with E-state index in [1.807, 2.05) is 4.90 Å². The van der Waals surface area contributed by atoms with Crippen LogP contribution in [0.15, 0.2) is 0 Å². The number of amides is 1. The van der Waals surface area contributed by atoms with Crippen molar-refractivity contribution in [3.8, 4) is 0 Å². The van der Waals surface area contributed by atoms with E-state index < -0.39 is 0 Å². The van der Waals surface area contributed by atoms with Crippen molar-refractivity contribution >= 4 is 5.91 Å². The summed E-state index contributed by atoms with van der Waals surface area (Å²) in [7, 11) is 0. The molecule has 4 nitrogen and oxygen atoms in total. The molecule has 3 fully saturated rings. The maximum absolute atomic E-state index is 11.4. The Labute approximate surface area is 135 Å². The number of hydrogen-bond donors (Lipinski definition) is 1. The first kappa shape index (κ1) is 16.3. The minimum absolute atomic E-state index is 0.221. The molecular weight excluding hydrogens is 276 g/mol. The Bertz CT molecular complexity index is 360. The summed E-state index contributed by atoms with van der Waals surface area (Å²) in [6.07, 6.45) is 13.5. The fraction of sp³-hybridized carbons (Fsp3) is 0.944. The van der Waals surface area contributed by atoms with Crippen LogP contribution in [0.1, 0.15) is 71.1 Å². The van der Waals surface area contributed by atoms with Gasteiger partial charge >= 0.3 is 0 Å². The molecule has 0 spiro atoms. The number of nitrogens with one attached hydrogen (secondary N) is 1. The van der Waals surface area contributed by atoms with Gasteiger partial charge in [0.2, 0.25) is 5.91 Å². The molecule has 0 radical (unpaired) electrons. The zero-order valence-electron chi connectivity index (χ0n) is 14.1. The normalized spacial score (nSPS) is 31.6. The zero-order valence-corrected chi connectivity index (χ0v) is 14.1. The highest BCUT2D eigenvalue weighted by Gasteiger charge is 2.31. The lowest BCUT2D eigenvalue weighted by molar-refractivity contribution is -0.130. The summed E-state index contributed by atoms with van der Waals surface area (Å²) >= 11 is 0. The topological polar surface area (TPSA) is 41.6 Å². The first-order valence-electron chi connectivity index (χ1n) is 9.39. The molecule has 0 bridgehead atoms. The Morgan fingerprint density at radius 2 is 1.59 bits per heavy atom. The number of hydrogen-bond acceptors (Lipinski definition) is 3. The Balaban J connectivity index is 1.47. The number of carbonyl (C=O) groups is 1. The van der Waals surface area contributed by atoms with Gasteiger partial charge < -0.3 is 15.0 Å². The molecule has 3 rings (SSSR count). The molecule has 1 aliphatic heterocycles. The van der Waals surface area contributed by atoms with Crippen LogP contribution in [0.25, 0.3) is 0 Å². The maximum Gasteiger partial charge on any atom is 0.219 e. The average molecular weight is 308 g/mol. The van der Waals surface area contributed by atoms with Crippen molar-refractivity contribution < 1.29 is 9.53 Å². The number of ether oxygens (including phenoxy) is 1. The van der Waals surface area contributed by atoms with E-state index in [-0.39, 0.29) is 5.91 Å². The van der Waals surface area contributed by atoms with Crippen molar-refractivity contribution in [1.82, 2.24) is 10.2 Å². The third-order valence-electron chi connectivity index (χ3n) is 5.76. The molecular formula is C18H32N2O2. The van der Waals surface area contributed by atoms with Crippen LogP contribution >= 0.6 is 0 Å². The Morgan fingerprint density at radius 3 is 2.27 bits per heavy atom. The molecule has 1 heterocycles. The molecule has 126 valence electrons. The highest BCUT2D eigenvalue weighted by molar-refractivity contribution is 5.73. The molecule has 0 aromatic carbocycles. The molecule has 2 aliphatic carbocycles. The fourth-order valence-electron chi connectivity index (χ4n) is 4.39. The van der Waals surface area contributed by atoms with E-state index in [9.17, 15) is 4.79 Å². The minimum atomic E-state index is 0.221. The molecule has 1 amide bonds. The van der Waals surface area contributed by atoms with Crippen LogP contribution in [-0.2, 0) is 9.53 Å². The second kappa shape index (κ2) is 7.78. The monoisotopic (exact) mass is 308 g/mol. The van der Waals surface area contributed by atoms with Crippen molar-refractivity contribution in [1.29, 1.82) is 0 Å². The van der Waals surface area contributed by atoms with Crippen LogP contribution in [0, 0.1) is 0 Å². The number of likely N-dealkylation sites (tertiary alicyclic amines) is 1. The van der Waals surface area contributed by atoms with Gasteiger partial charge in [0, 0.05) is 32.1 Å². The maximum atomic E-state index is 11.4. The van der Waals surface area contributed by atoms with Crippen LogP contribution < -0.4 is 5.32 Å². The molecule has 4 heteroatoms. The largest absolute Gasteiger partial charge is 0.373 e. The summed E-state index contributed by atoms with van der Waals surface area (Å²) in [5, 5.41) is 3.88. The molecule has 0 aromatic rings. The standard InChI is InChI=1S/C18H32N2O2/c1-14(21)20-12-10-15(11-13-20)19-17-8-4-5-9-18(17)22-16-6-2-3-7-16/h15-19H,2-13H2,1H3/t17-,18-/m1/s1. The van der Waals surface area contributed by atoms with Crippen LogP contribution in [-0.4, -0.2) is 48.2 Å². The summed E-state index contributed by atoms with van der Waals surface area (Å²) < 4.78 is 6.44. The fourth-order valence-corrected chi connectivity index (χ4v) is 4.39. The summed E-state index contributed by atoms with van der Waals surface area (Å²) in [5.74, 6) is 0.221. The summed E-state index contributed by atoms with van der Waals surface area (Å²) in [6, 6.07) is 1.09. The Hall–Kier alpha value is -0.610. The van der Waals surface area contributed by atoms with E-state index in [2.05, 4.69) is 5.32 Å². The number of rotatable bonds is 4. The van der Waals surface area contributed by atoms with E-state index in [1.54, 1.807) is 6.92 Å². The van der Waals surface area contributed by atoms with Gasteiger partial charge in [-0.1, -0.05) is 25.7 Å². The molecule has 2 saturated carbocycles. The van der Waals surface area contributed by atoms with Gasteiger partial charge in [-0.15, -0.1) is 0 Å². The predicted octanol–water partition coefficient (Wildman–Crippen LogP) is 2.86. The van der Waals surface area contributed by atoms with Crippen LogP contribution in [0.3, 0.4) is 0 Å². The van der Waals surface area contributed by atoms with Crippen molar-refractivity contribution in [2.75, 3.05) is 13.1 Å². The zero-order chi connectivity index (χ0) is 15.4. The van der Waals surface area contributed by atoms with Gasteiger partial charge in [0.15, 0.2) is 0 Å². The van der Waals surface area contributed by atoms with Gasteiger partial charge in [0.1, 0.15) is 0 Å². The van der Waals surface area contributed by atoms with Crippen LogP contribution in [0.2, 0.25) is 0 Å². The van der Waals surface area contributed by atoms with E-state index in [0.29, 0.717) is 24.3 Å². The molecule has 0 aromatic heterocycles. The van der Waals surface area contributed by atoms with Crippen molar-refractivity contribution in [3.05, 3.63) is 0 Å². The Morgan fingerprint density at radius 1 is 0.955 bits per heavy atom. The highest BCUT2D eigenvalue weighted by Crippen LogP contribution is 2.29. The van der Waals surface area contributed by atoms with E-state index in [4.69, 9.17) is 4.74 Å². The second-order valence-electron chi connectivity index (χ2n) is 7.42. The number of piperidine rings is 1. The molecule has 22 heavy (non-hydrogen) atoms. The lowest BCUT2D eigenvalue weighted by atomic mass is 9.90. The average Bonchev–Trinajstić information content (AvgIpc) is 3.03. The van der Waals surface area contributed by atoms with E-state index in [0.717, 1.165) is 25.9 Å². The van der Waals surface area contributed by atoms with Crippen molar-refractivity contribution in [2.45, 2.75) is 95.4 Å². The van der Waals surface area contributed by atoms with Crippen molar-refractivity contribution in [2.24, 2.45) is 0 Å². The molecule has 0 unspecified atom stereocenters. The summed E-state index contributed by atoms with van der Waals surface area (Å²) in [4.78, 5) is 13.4. The SMILES string of the molecule is CC(=O)N1CCC(N[C@@H]2CCCC[C@H]2OC2CCCC2)CC1. The first-order chi connectivity index (χ1) is 10.7. The molecule has 1 N–H and O–H groups in total. The highest BCUT2D eigenvalue weighted by atomic mass is 16.5. The number of nitrogens with zero attached hydrogens (tertiary/aromatic N) is 1. The third kappa shape index (κ3) is 4.23. The van der Waals surface area contributed by atoms with E-state index in [1.165, 1.54) is 51.4 Å². The predicted molar refractivity (Wildman–Crippen MR) is 87.8 cm³/mol. The van der Waals surface area contributed by atoms with Gasteiger partial charge in [0.25, 0.3) is 0 Å². The van der Waals surface area contributed by atoms with Gasteiger partial charge in [-0.05, 0) is 38.5 Å². The quantitative estimate of drug-likeness (QED) is 0.868. The lowest BCUT2D eigenvalue weighted by Crippen LogP contribution is -2.52. The summed E-state index contributed by atoms with van der Waals surface area (Å²) in [5.41, 5.74) is 0. The van der Waals surface area contributed by atoms with Gasteiger partial charge in [-0.25, -0.2) is 0 Å². The second-order valence-corrected chi connectivity index (χ2v) is 7.42. The minimum Gasteiger partial charge on any atom is -0.373 e. The van der Waals surface area contributed by atoms with Crippen molar-refractivity contribution in [3.63, 3.8) is 0 Å². The van der Waals surface area contributed by atoms with Gasteiger partial charge in [0.05, 0.1) is 12.2 Å². The van der Waals surface area contributed by atoms with Gasteiger partial charge in [-0.3, -0.25) is 4.79 Å². The molecule has 2 atom stereocenters. The van der Waals surface area contributed by atoms with Gasteiger partial charge in [-0.2, -0.15) is 0 Å². The van der Waals surface area contributed by atoms with E-state index >= 15 is 0 Å². The number of carbonyl (C=O) groups excluding carboxylic acids is 1. The third-order valence-corrected chi connectivity index (χ3v) is 5.76. The first-order valence-corrected chi connectivity index (χ1v) is 9.39. The smallest absolute Gasteiger partial charge is 0.219 e. The lowest BCUT2D eigenvalue weighted by Gasteiger charge is -2.39. The Kier molecular flexibility index (Phi) is 5.75.